The van der Waals surface area contributed by atoms with E-state index in [0.29, 0.717) is 12.7 Å². The number of hydrogen-bond donors (Lipinski definition) is 1. The number of carbonyl (C=O) groups excluding carboxylic acids is 2. The summed E-state index contributed by atoms with van der Waals surface area (Å²) in [6.07, 6.45) is 1.38. The van der Waals surface area contributed by atoms with Gasteiger partial charge in [-0.2, -0.15) is 0 Å². The molecule has 112 valence electrons. The third-order valence-electron chi connectivity index (χ3n) is 3.02. The minimum absolute atomic E-state index is 0.188. The number of carbonyl (C=O) groups is 2. The van der Waals surface area contributed by atoms with Gasteiger partial charge in [-0.3, -0.25) is 4.79 Å². The van der Waals surface area contributed by atoms with Crippen molar-refractivity contribution in [3.8, 4) is 0 Å². The van der Waals surface area contributed by atoms with E-state index in [9.17, 15) is 9.59 Å². The Balaban J connectivity index is 1.84. The van der Waals surface area contributed by atoms with Crippen molar-refractivity contribution in [1.82, 2.24) is 5.32 Å². The zero-order valence-corrected chi connectivity index (χ0v) is 11.7. The van der Waals surface area contributed by atoms with Crippen molar-refractivity contribution in [1.29, 1.82) is 0 Å². The van der Waals surface area contributed by atoms with Gasteiger partial charge < -0.3 is 19.5 Å². The van der Waals surface area contributed by atoms with Gasteiger partial charge in [0, 0.05) is 7.11 Å². The van der Waals surface area contributed by atoms with Crippen molar-refractivity contribution >= 4 is 12.4 Å². The molecule has 21 heavy (non-hydrogen) atoms. The number of ether oxygens (including phenoxy) is 3. The van der Waals surface area contributed by atoms with Gasteiger partial charge in [-0.1, -0.05) is 30.3 Å². The summed E-state index contributed by atoms with van der Waals surface area (Å²) in [5.74, 6) is 0.206. The molecule has 6 heteroatoms. The summed E-state index contributed by atoms with van der Waals surface area (Å²) < 4.78 is 15.5. The second kappa shape index (κ2) is 7.44. The van der Waals surface area contributed by atoms with Gasteiger partial charge in [0.05, 0.1) is 6.04 Å². The zero-order valence-electron chi connectivity index (χ0n) is 11.7. The largest absolute Gasteiger partial charge is 0.460 e. The van der Waals surface area contributed by atoms with E-state index in [1.165, 1.54) is 7.11 Å². The van der Waals surface area contributed by atoms with Crippen molar-refractivity contribution < 1.29 is 23.8 Å². The molecule has 1 N–H and O–H groups in total. The molecular formula is C15H17NO5. The monoisotopic (exact) mass is 291 g/mol. The first-order valence-electron chi connectivity index (χ1n) is 6.55. The van der Waals surface area contributed by atoms with Crippen molar-refractivity contribution in [2.45, 2.75) is 25.4 Å². The molecule has 1 aliphatic heterocycles. The standard InChI is InChI=1S/C15H17NO5/c1-19-14-13(8-7-12(9-17)21-14)16-15(18)20-10-11-5-3-2-4-6-11/h2-7,9,13-14H,8,10H2,1H3,(H,16,18)/t13-,14+/m1/s1. The molecule has 2 atom stereocenters. The first kappa shape index (κ1) is 15.1. The normalized spacial score (nSPS) is 20.9. The fourth-order valence-electron chi connectivity index (χ4n) is 1.95. The number of methoxy groups -OCH3 is 1. The molecule has 0 unspecified atom stereocenters. The highest BCUT2D eigenvalue weighted by molar-refractivity contribution is 5.71. The Morgan fingerprint density at radius 3 is 2.86 bits per heavy atom. The molecule has 1 heterocycles. The Hall–Kier alpha value is -2.34. The first-order chi connectivity index (χ1) is 10.2. The molecule has 6 nitrogen and oxygen atoms in total. The van der Waals surface area contributed by atoms with Gasteiger partial charge >= 0.3 is 6.09 Å². The molecule has 1 amide bonds. The van der Waals surface area contributed by atoms with E-state index < -0.39 is 18.4 Å². The summed E-state index contributed by atoms with van der Waals surface area (Å²) in [6, 6.07) is 8.98. The Morgan fingerprint density at radius 1 is 1.43 bits per heavy atom. The summed E-state index contributed by atoms with van der Waals surface area (Å²) in [7, 11) is 1.45. The van der Waals surface area contributed by atoms with Crippen LogP contribution < -0.4 is 5.32 Å². The summed E-state index contributed by atoms with van der Waals surface area (Å²) in [5, 5.41) is 2.66. The second-order valence-corrected chi connectivity index (χ2v) is 4.49. The lowest BCUT2D eigenvalue weighted by Crippen LogP contribution is -2.47. The lowest BCUT2D eigenvalue weighted by molar-refractivity contribution is -0.133. The van der Waals surface area contributed by atoms with E-state index >= 15 is 0 Å². The molecule has 1 aromatic rings. The van der Waals surface area contributed by atoms with Crippen LogP contribution in [0.25, 0.3) is 0 Å². The Kier molecular flexibility index (Phi) is 5.34. The smallest absolute Gasteiger partial charge is 0.407 e. The Bertz CT molecular complexity index is 514. The topological polar surface area (TPSA) is 73.9 Å². The van der Waals surface area contributed by atoms with Crippen LogP contribution in [0.2, 0.25) is 0 Å². The van der Waals surface area contributed by atoms with Crippen LogP contribution >= 0.6 is 0 Å². The van der Waals surface area contributed by atoms with E-state index in [-0.39, 0.29) is 12.4 Å². The number of aldehydes is 1. The number of alkyl carbamates (subject to hydrolysis) is 1. The molecule has 2 rings (SSSR count). The van der Waals surface area contributed by atoms with Crippen molar-refractivity contribution in [2.75, 3.05) is 7.11 Å². The molecular weight excluding hydrogens is 274 g/mol. The number of allylic oxidation sites excluding steroid dienone is 1. The second-order valence-electron chi connectivity index (χ2n) is 4.49. The van der Waals surface area contributed by atoms with Crippen LogP contribution in [0.5, 0.6) is 0 Å². The van der Waals surface area contributed by atoms with E-state index in [4.69, 9.17) is 14.2 Å². The van der Waals surface area contributed by atoms with Crippen molar-refractivity contribution in [2.24, 2.45) is 0 Å². The number of hydrogen-bond acceptors (Lipinski definition) is 5. The lowest BCUT2D eigenvalue weighted by Gasteiger charge is -2.29. The van der Waals surface area contributed by atoms with Crippen LogP contribution in [0.1, 0.15) is 12.0 Å². The van der Waals surface area contributed by atoms with Gasteiger partial charge in [-0.25, -0.2) is 4.79 Å². The predicted octanol–water partition coefficient (Wildman–Crippen LogP) is 1.76. The quantitative estimate of drug-likeness (QED) is 0.837. The van der Waals surface area contributed by atoms with Crippen LogP contribution in [-0.2, 0) is 25.6 Å². The average Bonchev–Trinajstić information content (AvgIpc) is 2.54. The third-order valence-corrected chi connectivity index (χ3v) is 3.02. The fourth-order valence-corrected chi connectivity index (χ4v) is 1.95. The first-order valence-corrected chi connectivity index (χ1v) is 6.55. The highest BCUT2D eigenvalue weighted by Gasteiger charge is 2.28. The van der Waals surface area contributed by atoms with Crippen molar-refractivity contribution in [3.05, 3.63) is 47.7 Å². The summed E-state index contributed by atoms with van der Waals surface area (Å²) in [4.78, 5) is 22.4. The molecule has 1 aromatic carbocycles. The Labute approximate surface area is 122 Å². The van der Waals surface area contributed by atoms with Gasteiger partial charge in [0.1, 0.15) is 6.61 Å². The minimum atomic E-state index is -0.709. The molecule has 0 saturated carbocycles. The number of rotatable bonds is 5. The van der Waals surface area contributed by atoms with Gasteiger partial charge in [0.15, 0.2) is 12.0 Å². The predicted molar refractivity (Wildman–Crippen MR) is 74.2 cm³/mol. The van der Waals surface area contributed by atoms with Crippen molar-refractivity contribution in [3.63, 3.8) is 0 Å². The van der Waals surface area contributed by atoms with Crippen LogP contribution in [0.3, 0.4) is 0 Å². The van der Waals surface area contributed by atoms with Crippen LogP contribution in [0.4, 0.5) is 4.79 Å². The van der Waals surface area contributed by atoms with E-state index in [2.05, 4.69) is 5.32 Å². The lowest BCUT2D eigenvalue weighted by atomic mass is 10.1. The highest BCUT2D eigenvalue weighted by Crippen LogP contribution is 2.17. The average molecular weight is 291 g/mol. The highest BCUT2D eigenvalue weighted by atomic mass is 16.7. The van der Waals surface area contributed by atoms with E-state index in [1.807, 2.05) is 30.3 Å². The maximum atomic E-state index is 11.8. The molecule has 0 fully saturated rings. The maximum absolute atomic E-state index is 11.8. The molecule has 1 aliphatic rings. The van der Waals surface area contributed by atoms with Gasteiger partial charge in [0.2, 0.25) is 6.29 Å². The third kappa shape index (κ3) is 4.32. The zero-order chi connectivity index (χ0) is 15.1. The summed E-state index contributed by atoms with van der Waals surface area (Å²) in [6.45, 7) is 0.188. The fraction of sp³-hybridized carbons (Fsp3) is 0.333. The minimum Gasteiger partial charge on any atom is -0.460 e. The molecule has 0 saturated heterocycles. The molecule has 0 bridgehead atoms. The number of benzene rings is 1. The van der Waals surface area contributed by atoms with Gasteiger partial charge in [-0.05, 0) is 18.1 Å². The number of amides is 1. The van der Waals surface area contributed by atoms with Crippen LogP contribution in [0.15, 0.2) is 42.2 Å². The van der Waals surface area contributed by atoms with Gasteiger partial charge in [-0.15, -0.1) is 0 Å². The number of nitrogens with one attached hydrogen (secondary N) is 1. The van der Waals surface area contributed by atoms with E-state index in [1.54, 1.807) is 6.08 Å². The molecule has 0 aromatic heterocycles. The van der Waals surface area contributed by atoms with Gasteiger partial charge in [0.25, 0.3) is 0 Å². The van der Waals surface area contributed by atoms with Crippen LogP contribution in [-0.4, -0.2) is 31.8 Å². The van der Waals surface area contributed by atoms with E-state index in [0.717, 1.165) is 5.56 Å². The molecule has 0 aliphatic carbocycles. The summed E-state index contributed by atoms with van der Waals surface area (Å²) >= 11 is 0. The SMILES string of the molecule is CO[C@H]1OC(C=O)=CC[C@H]1NC(=O)OCc1ccccc1. The maximum Gasteiger partial charge on any atom is 0.407 e. The molecule has 0 radical (unpaired) electrons. The molecule has 0 spiro atoms. The Morgan fingerprint density at radius 2 is 2.19 bits per heavy atom. The van der Waals surface area contributed by atoms with Crippen LogP contribution in [0, 0.1) is 0 Å². The summed E-state index contributed by atoms with van der Waals surface area (Å²) in [5.41, 5.74) is 0.902.